The van der Waals surface area contributed by atoms with Crippen LogP contribution in [0, 0.1) is 5.92 Å². The predicted octanol–water partition coefficient (Wildman–Crippen LogP) is -0.242. The molecule has 15 heavy (non-hydrogen) atoms. The smallest absolute Gasteiger partial charge is 0.319 e. The highest BCUT2D eigenvalue weighted by atomic mass is 16.9. The van der Waals surface area contributed by atoms with Crippen LogP contribution in [-0.4, -0.2) is 40.2 Å². The topological polar surface area (TPSA) is 82.0 Å². The Balaban J connectivity index is 2.41. The van der Waals surface area contributed by atoms with Gasteiger partial charge < -0.3 is 20.6 Å². The van der Waals surface area contributed by atoms with Crippen molar-refractivity contribution < 1.29 is 20.1 Å². The fraction of sp³-hybridized carbons (Fsp3) is 1.00. The van der Waals surface area contributed by atoms with Crippen LogP contribution in [-0.2, 0) is 4.74 Å². The van der Waals surface area contributed by atoms with Crippen LogP contribution in [0.3, 0.4) is 0 Å². The van der Waals surface area contributed by atoms with Gasteiger partial charge in [0.2, 0.25) is 0 Å². The zero-order valence-electron chi connectivity index (χ0n) is 9.31. The molecule has 1 fully saturated rings. The minimum absolute atomic E-state index is 0.0563. The standard InChI is InChI=1S/C10H21NO4/c1-7-3-4-9(11-6-5-7)8(2)15-10(12,13)14/h7-9,11-14H,3-6H2,1-2H3. The number of rotatable bonds is 3. The highest BCUT2D eigenvalue weighted by molar-refractivity contribution is 4.78. The van der Waals surface area contributed by atoms with E-state index in [1.54, 1.807) is 6.92 Å². The first kappa shape index (κ1) is 12.9. The van der Waals surface area contributed by atoms with Crippen molar-refractivity contribution in [1.82, 2.24) is 5.32 Å². The summed E-state index contributed by atoms with van der Waals surface area (Å²) >= 11 is 0. The zero-order chi connectivity index (χ0) is 11.5. The van der Waals surface area contributed by atoms with E-state index in [1.165, 1.54) is 0 Å². The van der Waals surface area contributed by atoms with Crippen molar-refractivity contribution >= 4 is 0 Å². The molecule has 0 saturated carbocycles. The van der Waals surface area contributed by atoms with E-state index in [1.807, 2.05) is 0 Å². The highest BCUT2D eigenvalue weighted by Crippen LogP contribution is 2.19. The maximum atomic E-state index is 8.70. The van der Waals surface area contributed by atoms with Gasteiger partial charge in [-0.1, -0.05) is 6.92 Å². The van der Waals surface area contributed by atoms with Crippen molar-refractivity contribution in [2.45, 2.75) is 51.4 Å². The Labute approximate surface area is 90.1 Å². The molecule has 0 radical (unpaired) electrons. The molecular formula is C10H21NO4. The fourth-order valence-electron chi connectivity index (χ4n) is 1.96. The molecule has 0 bridgehead atoms. The first-order valence-electron chi connectivity index (χ1n) is 5.47. The van der Waals surface area contributed by atoms with E-state index in [0.29, 0.717) is 5.92 Å². The molecule has 5 nitrogen and oxygen atoms in total. The number of hydrogen-bond donors (Lipinski definition) is 4. The average molecular weight is 219 g/mol. The second-order valence-electron chi connectivity index (χ2n) is 4.43. The maximum Gasteiger partial charge on any atom is 0.405 e. The normalized spacial score (nSPS) is 31.0. The Morgan fingerprint density at radius 3 is 2.53 bits per heavy atom. The van der Waals surface area contributed by atoms with E-state index >= 15 is 0 Å². The molecule has 0 spiro atoms. The zero-order valence-corrected chi connectivity index (χ0v) is 9.31. The minimum atomic E-state index is -3.03. The molecule has 4 N–H and O–H groups in total. The monoisotopic (exact) mass is 219 g/mol. The van der Waals surface area contributed by atoms with Crippen molar-refractivity contribution in [3.8, 4) is 0 Å². The fourth-order valence-corrected chi connectivity index (χ4v) is 1.96. The molecule has 1 rings (SSSR count). The Morgan fingerprint density at radius 2 is 1.93 bits per heavy atom. The third kappa shape index (κ3) is 4.90. The summed E-state index contributed by atoms with van der Waals surface area (Å²) < 4.78 is 4.67. The molecule has 1 heterocycles. The summed E-state index contributed by atoms with van der Waals surface area (Å²) in [6.07, 6.45) is -0.348. The summed E-state index contributed by atoms with van der Waals surface area (Å²) in [7, 11) is 0. The summed E-state index contributed by atoms with van der Waals surface area (Å²) in [5.41, 5.74) is 0. The van der Waals surface area contributed by atoms with E-state index < -0.39 is 12.3 Å². The molecule has 1 aliphatic rings. The van der Waals surface area contributed by atoms with Gasteiger partial charge in [-0.05, 0) is 38.6 Å². The van der Waals surface area contributed by atoms with E-state index in [0.717, 1.165) is 25.8 Å². The highest BCUT2D eigenvalue weighted by Gasteiger charge is 2.29. The van der Waals surface area contributed by atoms with Crippen molar-refractivity contribution in [3.05, 3.63) is 0 Å². The molecule has 0 aromatic rings. The van der Waals surface area contributed by atoms with Crippen molar-refractivity contribution in [1.29, 1.82) is 0 Å². The van der Waals surface area contributed by atoms with E-state index in [4.69, 9.17) is 15.3 Å². The van der Waals surface area contributed by atoms with E-state index in [-0.39, 0.29) is 6.04 Å². The van der Waals surface area contributed by atoms with Crippen LogP contribution in [0.1, 0.15) is 33.1 Å². The van der Waals surface area contributed by atoms with Gasteiger partial charge in [0.25, 0.3) is 0 Å². The lowest BCUT2D eigenvalue weighted by atomic mass is 10.00. The van der Waals surface area contributed by atoms with Crippen LogP contribution in [0.15, 0.2) is 0 Å². The summed E-state index contributed by atoms with van der Waals surface area (Å²) in [4.78, 5) is 0. The third-order valence-electron chi connectivity index (χ3n) is 2.92. The number of aliphatic hydroxyl groups is 3. The molecule has 3 atom stereocenters. The van der Waals surface area contributed by atoms with E-state index in [9.17, 15) is 0 Å². The lowest BCUT2D eigenvalue weighted by Gasteiger charge is -2.27. The van der Waals surface area contributed by atoms with Gasteiger partial charge in [-0.3, -0.25) is 4.74 Å². The Kier molecular flexibility index (Phi) is 4.48. The third-order valence-corrected chi connectivity index (χ3v) is 2.92. The van der Waals surface area contributed by atoms with Crippen LogP contribution >= 0.6 is 0 Å². The maximum absolute atomic E-state index is 8.70. The number of hydrogen-bond acceptors (Lipinski definition) is 5. The molecule has 0 amide bonds. The van der Waals surface area contributed by atoms with Gasteiger partial charge in [-0.25, -0.2) is 0 Å². The van der Waals surface area contributed by atoms with Crippen LogP contribution in [0.4, 0.5) is 0 Å². The van der Waals surface area contributed by atoms with Gasteiger partial charge in [0, 0.05) is 6.04 Å². The van der Waals surface area contributed by atoms with Gasteiger partial charge in [0.15, 0.2) is 0 Å². The molecule has 5 heteroatoms. The minimum Gasteiger partial charge on any atom is -0.319 e. The summed E-state index contributed by atoms with van der Waals surface area (Å²) in [5.74, 6) is 0.678. The molecule has 0 aromatic heterocycles. The second kappa shape index (κ2) is 5.23. The summed E-state index contributed by atoms with van der Waals surface area (Å²) in [5, 5.41) is 29.4. The molecule has 90 valence electrons. The molecule has 3 unspecified atom stereocenters. The summed E-state index contributed by atoms with van der Waals surface area (Å²) in [6, 6.07) is 0.0563. The van der Waals surface area contributed by atoms with Gasteiger partial charge in [-0.2, -0.15) is 0 Å². The second-order valence-corrected chi connectivity index (χ2v) is 4.43. The van der Waals surface area contributed by atoms with Crippen molar-refractivity contribution in [3.63, 3.8) is 0 Å². The quantitative estimate of drug-likeness (QED) is 0.492. The average Bonchev–Trinajstić information content (AvgIpc) is 2.26. The van der Waals surface area contributed by atoms with Crippen LogP contribution in [0.25, 0.3) is 0 Å². The Hall–Kier alpha value is -0.200. The Bertz CT molecular complexity index is 192. The van der Waals surface area contributed by atoms with Crippen molar-refractivity contribution in [2.24, 2.45) is 5.92 Å². The van der Waals surface area contributed by atoms with Crippen LogP contribution < -0.4 is 5.32 Å². The number of ether oxygens (including phenoxy) is 1. The van der Waals surface area contributed by atoms with Gasteiger partial charge >= 0.3 is 6.16 Å². The molecular weight excluding hydrogens is 198 g/mol. The van der Waals surface area contributed by atoms with Gasteiger partial charge in [0.1, 0.15) is 0 Å². The van der Waals surface area contributed by atoms with Crippen molar-refractivity contribution in [2.75, 3.05) is 6.54 Å². The first-order chi connectivity index (χ1) is 6.88. The summed E-state index contributed by atoms with van der Waals surface area (Å²) in [6.45, 7) is 4.81. The molecule has 1 aliphatic heterocycles. The van der Waals surface area contributed by atoms with Crippen LogP contribution in [0.5, 0.6) is 0 Å². The predicted molar refractivity (Wildman–Crippen MR) is 54.7 cm³/mol. The molecule has 1 saturated heterocycles. The van der Waals surface area contributed by atoms with Gasteiger partial charge in [-0.15, -0.1) is 0 Å². The van der Waals surface area contributed by atoms with Gasteiger partial charge in [0.05, 0.1) is 6.10 Å². The Morgan fingerprint density at radius 1 is 1.27 bits per heavy atom. The molecule has 0 aliphatic carbocycles. The lowest BCUT2D eigenvalue weighted by molar-refractivity contribution is -0.465. The molecule has 0 aromatic carbocycles. The largest absolute Gasteiger partial charge is 0.405 e. The van der Waals surface area contributed by atoms with E-state index in [2.05, 4.69) is 17.0 Å². The lowest BCUT2D eigenvalue weighted by Crippen LogP contribution is -2.45. The SMILES string of the molecule is CC1CCNC(C(C)OC(O)(O)O)CC1. The first-order valence-corrected chi connectivity index (χ1v) is 5.47. The number of nitrogens with one attached hydrogen (secondary N) is 1. The van der Waals surface area contributed by atoms with Crippen LogP contribution in [0.2, 0.25) is 0 Å².